The summed E-state index contributed by atoms with van der Waals surface area (Å²) in [5.41, 5.74) is 6.59. The van der Waals surface area contributed by atoms with Gasteiger partial charge >= 0.3 is 0 Å². The average Bonchev–Trinajstić information content (AvgIpc) is 2.35. The number of ether oxygens (including phenoxy) is 2. The van der Waals surface area contributed by atoms with E-state index in [1.807, 2.05) is 12.1 Å². The van der Waals surface area contributed by atoms with E-state index in [-0.39, 0.29) is 6.61 Å². The van der Waals surface area contributed by atoms with Gasteiger partial charge in [0.15, 0.2) is 0 Å². The number of hydrogen-bond donors (Lipinski definition) is 2. The van der Waals surface area contributed by atoms with Crippen molar-refractivity contribution >= 4 is 11.8 Å². The van der Waals surface area contributed by atoms with E-state index in [0.717, 1.165) is 4.90 Å². The molecule has 5 heteroatoms. The monoisotopic (exact) mass is 271 g/mol. The molecule has 4 nitrogen and oxygen atoms in total. The lowest BCUT2D eigenvalue weighted by atomic mass is 10.1. The van der Waals surface area contributed by atoms with Gasteiger partial charge in [-0.15, -0.1) is 11.8 Å². The zero-order valence-corrected chi connectivity index (χ0v) is 12.1. The number of nitrogens with two attached hydrogens (primary N) is 1. The number of thioether (sulfide) groups is 1. The number of hydrogen-bond acceptors (Lipinski definition) is 5. The molecule has 0 spiro atoms. The average molecular weight is 271 g/mol. The second kappa shape index (κ2) is 6.87. The Balaban J connectivity index is 3.25. The highest BCUT2D eigenvalue weighted by atomic mass is 32.2. The van der Waals surface area contributed by atoms with E-state index in [9.17, 15) is 5.11 Å². The van der Waals surface area contributed by atoms with Crippen LogP contribution >= 0.6 is 11.8 Å². The van der Waals surface area contributed by atoms with Crippen LogP contribution in [-0.4, -0.2) is 31.2 Å². The third-order valence-electron chi connectivity index (χ3n) is 2.46. The van der Waals surface area contributed by atoms with Crippen LogP contribution in [-0.2, 0) is 0 Å². The summed E-state index contributed by atoms with van der Waals surface area (Å²) in [5, 5.41) is 9.67. The molecule has 1 atom stereocenters. The van der Waals surface area contributed by atoms with E-state index in [4.69, 9.17) is 15.2 Å². The van der Waals surface area contributed by atoms with Crippen molar-refractivity contribution in [3.8, 4) is 11.5 Å². The topological polar surface area (TPSA) is 64.7 Å². The molecule has 0 saturated carbocycles. The highest BCUT2D eigenvalue weighted by Crippen LogP contribution is 2.38. The Labute approximate surface area is 112 Å². The lowest BCUT2D eigenvalue weighted by molar-refractivity contribution is 0.260. The first-order chi connectivity index (χ1) is 8.53. The zero-order chi connectivity index (χ0) is 13.7. The third-order valence-corrected chi connectivity index (χ3v) is 3.44. The summed E-state index contributed by atoms with van der Waals surface area (Å²) in [6, 6.07) is 3.35. The normalized spacial score (nSPS) is 12.6. The first kappa shape index (κ1) is 15.1. The lowest BCUT2D eigenvalue weighted by Gasteiger charge is -2.19. The van der Waals surface area contributed by atoms with Crippen molar-refractivity contribution in [3.05, 3.63) is 17.7 Å². The summed E-state index contributed by atoms with van der Waals surface area (Å²) >= 11 is 1.72. The van der Waals surface area contributed by atoms with Crippen LogP contribution in [0.5, 0.6) is 11.5 Å². The summed E-state index contributed by atoms with van der Waals surface area (Å²) in [7, 11) is 3.18. The molecule has 0 amide bonds. The van der Waals surface area contributed by atoms with Gasteiger partial charge in [-0.05, 0) is 12.1 Å². The Morgan fingerprint density at radius 2 is 1.72 bits per heavy atom. The van der Waals surface area contributed by atoms with Crippen molar-refractivity contribution in [3.63, 3.8) is 0 Å². The molecule has 0 radical (unpaired) electrons. The van der Waals surface area contributed by atoms with Crippen molar-refractivity contribution < 1.29 is 14.6 Å². The van der Waals surface area contributed by atoms with E-state index < -0.39 is 6.04 Å². The predicted molar refractivity (Wildman–Crippen MR) is 74.6 cm³/mol. The number of aliphatic hydroxyl groups excluding tert-OH is 1. The summed E-state index contributed by atoms with van der Waals surface area (Å²) in [5.74, 6) is 1.30. The maximum absolute atomic E-state index is 9.20. The molecule has 1 rings (SSSR count). The van der Waals surface area contributed by atoms with Crippen LogP contribution in [0.25, 0.3) is 0 Å². The van der Waals surface area contributed by atoms with Crippen LogP contribution in [0.4, 0.5) is 0 Å². The van der Waals surface area contributed by atoms with Crippen molar-refractivity contribution in [2.24, 2.45) is 5.73 Å². The van der Waals surface area contributed by atoms with Crippen LogP contribution < -0.4 is 15.2 Å². The molecule has 3 N–H and O–H groups in total. The minimum atomic E-state index is -0.506. The van der Waals surface area contributed by atoms with Gasteiger partial charge in [0.1, 0.15) is 11.5 Å². The van der Waals surface area contributed by atoms with E-state index in [2.05, 4.69) is 13.8 Å². The summed E-state index contributed by atoms with van der Waals surface area (Å²) < 4.78 is 10.7. The summed E-state index contributed by atoms with van der Waals surface area (Å²) in [4.78, 5) is 1.06. The molecule has 18 heavy (non-hydrogen) atoms. The molecule has 1 aromatic carbocycles. The molecule has 0 fully saturated rings. The Hall–Kier alpha value is -0.910. The van der Waals surface area contributed by atoms with Crippen molar-refractivity contribution in [2.75, 3.05) is 20.8 Å². The highest BCUT2D eigenvalue weighted by Gasteiger charge is 2.19. The number of rotatable bonds is 6. The zero-order valence-electron chi connectivity index (χ0n) is 11.3. The molecule has 1 aromatic rings. The molecular formula is C13H21NO3S. The Bertz CT molecular complexity index is 371. The fraction of sp³-hybridized carbons (Fsp3) is 0.538. The van der Waals surface area contributed by atoms with Gasteiger partial charge in [-0.3, -0.25) is 0 Å². The van der Waals surface area contributed by atoms with E-state index in [0.29, 0.717) is 22.3 Å². The SMILES string of the molecule is COc1cc(SC(C)C)cc(OC)c1C(N)CO. The Kier molecular flexibility index (Phi) is 5.78. The third kappa shape index (κ3) is 3.54. The molecule has 0 aliphatic carbocycles. The van der Waals surface area contributed by atoms with Crippen molar-refractivity contribution in [1.29, 1.82) is 0 Å². The minimum absolute atomic E-state index is 0.149. The Morgan fingerprint density at radius 3 is 2.06 bits per heavy atom. The largest absolute Gasteiger partial charge is 0.496 e. The van der Waals surface area contributed by atoms with Crippen LogP contribution in [0.1, 0.15) is 25.5 Å². The maximum atomic E-state index is 9.20. The van der Waals surface area contributed by atoms with Gasteiger partial charge in [-0.2, -0.15) is 0 Å². The number of benzene rings is 1. The molecule has 1 unspecified atom stereocenters. The lowest BCUT2D eigenvalue weighted by Crippen LogP contribution is -2.16. The molecule has 0 aromatic heterocycles. The number of methoxy groups -OCH3 is 2. The molecule has 0 bridgehead atoms. The second-order valence-corrected chi connectivity index (χ2v) is 5.85. The van der Waals surface area contributed by atoms with Gasteiger partial charge in [-0.25, -0.2) is 0 Å². The van der Waals surface area contributed by atoms with Crippen LogP contribution in [0.2, 0.25) is 0 Å². The fourth-order valence-corrected chi connectivity index (χ4v) is 2.61. The molecule has 0 aliphatic rings. The van der Waals surface area contributed by atoms with Gasteiger partial charge < -0.3 is 20.3 Å². The van der Waals surface area contributed by atoms with Gasteiger partial charge in [0.2, 0.25) is 0 Å². The molecule has 0 aliphatic heterocycles. The van der Waals surface area contributed by atoms with Crippen molar-refractivity contribution in [1.82, 2.24) is 0 Å². The molecule has 0 heterocycles. The first-order valence-corrected chi connectivity index (χ1v) is 6.70. The van der Waals surface area contributed by atoms with Gasteiger partial charge in [0.05, 0.1) is 32.4 Å². The standard InChI is InChI=1S/C13H21NO3S/c1-8(2)18-9-5-11(16-3)13(10(14)7-15)12(6-9)17-4/h5-6,8,10,15H,7,14H2,1-4H3. The predicted octanol–water partition coefficient (Wildman–Crippen LogP) is 2.20. The minimum Gasteiger partial charge on any atom is -0.496 e. The van der Waals surface area contributed by atoms with E-state index >= 15 is 0 Å². The molecule has 0 saturated heterocycles. The van der Waals surface area contributed by atoms with Gasteiger partial charge in [0, 0.05) is 10.1 Å². The Morgan fingerprint density at radius 1 is 1.22 bits per heavy atom. The maximum Gasteiger partial charge on any atom is 0.128 e. The van der Waals surface area contributed by atoms with Crippen molar-refractivity contribution in [2.45, 2.75) is 30.0 Å². The van der Waals surface area contributed by atoms with Crippen LogP contribution in [0.15, 0.2) is 17.0 Å². The van der Waals surface area contributed by atoms with Gasteiger partial charge in [-0.1, -0.05) is 13.8 Å². The smallest absolute Gasteiger partial charge is 0.128 e. The van der Waals surface area contributed by atoms with Crippen LogP contribution in [0.3, 0.4) is 0 Å². The summed E-state index contributed by atoms with van der Waals surface area (Å²) in [6.07, 6.45) is 0. The summed E-state index contributed by atoms with van der Waals surface area (Å²) in [6.45, 7) is 4.09. The van der Waals surface area contributed by atoms with E-state index in [1.165, 1.54) is 0 Å². The first-order valence-electron chi connectivity index (χ1n) is 5.82. The molecular weight excluding hydrogens is 250 g/mol. The van der Waals surface area contributed by atoms with E-state index in [1.54, 1.807) is 26.0 Å². The fourth-order valence-electron chi connectivity index (χ4n) is 1.71. The quantitative estimate of drug-likeness (QED) is 0.777. The number of aliphatic hydroxyl groups is 1. The highest BCUT2D eigenvalue weighted by molar-refractivity contribution is 7.99. The second-order valence-electron chi connectivity index (χ2n) is 4.20. The van der Waals surface area contributed by atoms with Gasteiger partial charge in [0.25, 0.3) is 0 Å². The molecule has 102 valence electrons. The van der Waals surface area contributed by atoms with Crippen LogP contribution in [0, 0.1) is 0 Å².